The van der Waals surface area contributed by atoms with Gasteiger partial charge in [-0.15, -0.1) is 0 Å². The molecule has 32 heavy (non-hydrogen) atoms. The van der Waals surface area contributed by atoms with Gasteiger partial charge in [0.15, 0.2) is 0 Å². The summed E-state index contributed by atoms with van der Waals surface area (Å²) >= 11 is 0. The molecule has 0 aliphatic carbocycles. The molecule has 3 aromatic rings. The molecule has 3 N–H and O–H groups in total. The summed E-state index contributed by atoms with van der Waals surface area (Å²) in [6, 6.07) is 20.4. The van der Waals surface area contributed by atoms with Crippen molar-refractivity contribution in [2.75, 3.05) is 16.0 Å². The molecular formula is C24H23N3O5. The second-order valence-corrected chi connectivity index (χ2v) is 6.96. The Morgan fingerprint density at radius 1 is 0.781 bits per heavy atom. The first-order valence-corrected chi connectivity index (χ1v) is 9.83. The molecule has 0 radical (unpaired) electrons. The number of esters is 1. The molecule has 8 nitrogen and oxygen atoms in total. The minimum atomic E-state index is -0.638. The predicted octanol–water partition coefficient (Wildman–Crippen LogP) is 5.31. The van der Waals surface area contributed by atoms with Gasteiger partial charge in [0.2, 0.25) is 0 Å². The summed E-state index contributed by atoms with van der Waals surface area (Å²) in [6.45, 7) is 3.30. The van der Waals surface area contributed by atoms with E-state index >= 15 is 0 Å². The normalized spacial score (nSPS) is 10.1. The smallest absolute Gasteiger partial charge is 0.411 e. The van der Waals surface area contributed by atoms with E-state index in [-0.39, 0.29) is 12.6 Å². The zero-order valence-corrected chi connectivity index (χ0v) is 17.7. The monoisotopic (exact) mass is 433 g/mol. The third kappa shape index (κ3) is 7.17. The fourth-order valence-corrected chi connectivity index (χ4v) is 2.73. The van der Waals surface area contributed by atoms with Gasteiger partial charge in [-0.25, -0.2) is 9.59 Å². The topological polar surface area (TPSA) is 106 Å². The number of ether oxygens (including phenoxy) is 2. The van der Waals surface area contributed by atoms with Crippen LogP contribution in [0.25, 0.3) is 0 Å². The molecule has 0 heterocycles. The van der Waals surface area contributed by atoms with Gasteiger partial charge in [-0.2, -0.15) is 0 Å². The summed E-state index contributed by atoms with van der Waals surface area (Å²) in [4.78, 5) is 35.2. The third-order valence-electron chi connectivity index (χ3n) is 4.23. The van der Waals surface area contributed by atoms with Crippen molar-refractivity contribution in [3.05, 3.63) is 83.9 Å². The Bertz CT molecular complexity index is 1100. The number of urea groups is 1. The molecule has 0 atom stereocenters. The zero-order valence-electron chi connectivity index (χ0n) is 17.7. The molecule has 0 saturated carbocycles. The van der Waals surface area contributed by atoms with Crippen molar-refractivity contribution in [2.45, 2.75) is 20.5 Å². The van der Waals surface area contributed by atoms with Gasteiger partial charge in [0.05, 0.1) is 0 Å². The fourth-order valence-electron chi connectivity index (χ4n) is 2.73. The molecule has 0 unspecified atom stereocenters. The van der Waals surface area contributed by atoms with Crippen molar-refractivity contribution in [2.24, 2.45) is 0 Å². The number of aryl methyl sites for hydroxylation is 1. The van der Waals surface area contributed by atoms with Crippen molar-refractivity contribution in [3.8, 4) is 5.75 Å². The van der Waals surface area contributed by atoms with Crippen LogP contribution in [0.1, 0.15) is 18.1 Å². The summed E-state index contributed by atoms with van der Waals surface area (Å²) in [7, 11) is 0. The van der Waals surface area contributed by atoms with E-state index in [0.717, 1.165) is 5.56 Å². The number of anilines is 3. The molecule has 3 amide bonds. The molecule has 0 bridgehead atoms. The highest BCUT2D eigenvalue weighted by molar-refractivity contribution is 6.00. The first kappa shape index (κ1) is 22.4. The Kier molecular flexibility index (Phi) is 7.42. The Morgan fingerprint density at radius 2 is 1.34 bits per heavy atom. The average Bonchev–Trinajstić information content (AvgIpc) is 2.75. The maximum Gasteiger partial charge on any atom is 0.411 e. The first-order valence-electron chi connectivity index (χ1n) is 9.83. The summed E-state index contributed by atoms with van der Waals surface area (Å²) in [5, 5.41) is 8.07. The lowest BCUT2D eigenvalue weighted by Gasteiger charge is -2.10. The van der Waals surface area contributed by atoms with E-state index in [9.17, 15) is 14.4 Å². The number of hydrogen-bond acceptors (Lipinski definition) is 5. The molecule has 3 rings (SSSR count). The third-order valence-corrected chi connectivity index (χ3v) is 4.23. The molecule has 0 spiro atoms. The van der Waals surface area contributed by atoms with Crippen molar-refractivity contribution in [3.63, 3.8) is 0 Å². The van der Waals surface area contributed by atoms with Gasteiger partial charge < -0.3 is 20.1 Å². The number of carbonyl (C=O) groups is 3. The number of hydrogen-bond donors (Lipinski definition) is 3. The number of rotatable bonds is 6. The molecule has 8 heteroatoms. The van der Waals surface area contributed by atoms with Crippen molar-refractivity contribution in [1.82, 2.24) is 0 Å². The van der Waals surface area contributed by atoms with Crippen LogP contribution in [-0.2, 0) is 16.1 Å². The van der Waals surface area contributed by atoms with E-state index in [2.05, 4.69) is 16.0 Å². The van der Waals surface area contributed by atoms with Crippen LogP contribution in [0.4, 0.5) is 26.7 Å². The Balaban J connectivity index is 1.46. The van der Waals surface area contributed by atoms with E-state index in [1.54, 1.807) is 48.5 Å². The van der Waals surface area contributed by atoms with Crippen LogP contribution in [0.3, 0.4) is 0 Å². The molecule has 3 aromatic carbocycles. The van der Waals surface area contributed by atoms with Crippen LogP contribution in [-0.4, -0.2) is 18.1 Å². The van der Waals surface area contributed by atoms with Gasteiger partial charge in [-0.05, 0) is 61.0 Å². The highest BCUT2D eigenvalue weighted by atomic mass is 16.5. The van der Waals surface area contributed by atoms with Crippen LogP contribution < -0.4 is 20.7 Å². The number of benzene rings is 3. The number of amides is 3. The van der Waals surface area contributed by atoms with E-state index < -0.39 is 12.1 Å². The SMILES string of the molecule is CC(=O)Oc1cccc(COC(=O)Nc2ccc(NC(=O)Nc3ccc(C)cc3)cc2)c1. The van der Waals surface area contributed by atoms with E-state index in [0.29, 0.717) is 28.4 Å². The van der Waals surface area contributed by atoms with Gasteiger partial charge in [0.1, 0.15) is 12.4 Å². The molecule has 0 saturated heterocycles. The molecule has 0 aromatic heterocycles. The Labute approximate surface area is 185 Å². The number of nitrogens with one attached hydrogen (secondary N) is 3. The Hall–Kier alpha value is -4.33. The molecule has 0 aliphatic heterocycles. The molecular weight excluding hydrogens is 410 g/mol. The highest BCUT2D eigenvalue weighted by Gasteiger charge is 2.07. The zero-order chi connectivity index (χ0) is 22.9. The average molecular weight is 433 g/mol. The van der Waals surface area contributed by atoms with Crippen LogP contribution in [0.2, 0.25) is 0 Å². The van der Waals surface area contributed by atoms with E-state index in [4.69, 9.17) is 9.47 Å². The molecule has 0 aliphatic rings. The van der Waals surface area contributed by atoms with Crippen molar-refractivity contribution >= 4 is 35.2 Å². The summed E-state index contributed by atoms with van der Waals surface area (Å²) in [5.74, 6) is -0.0418. The van der Waals surface area contributed by atoms with Gasteiger partial charge in [0.25, 0.3) is 0 Å². The van der Waals surface area contributed by atoms with Crippen LogP contribution >= 0.6 is 0 Å². The summed E-state index contributed by atoms with van der Waals surface area (Å²) < 4.78 is 10.2. The Morgan fingerprint density at radius 3 is 1.94 bits per heavy atom. The van der Waals surface area contributed by atoms with Gasteiger partial charge in [-0.3, -0.25) is 10.1 Å². The minimum Gasteiger partial charge on any atom is -0.444 e. The van der Waals surface area contributed by atoms with E-state index in [1.807, 2.05) is 31.2 Å². The maximum atomic E-state index is 12.1. The predicted molar refractivity (Wildman–Crippen MR) is 122 cm³/mol. The largest absolute Gasteiger partial charge is 0.444 e. The fraction of sp³-hybridized carbons (Fsp3) is 0.125. The van der Waals surface area contributed by atoms with E-state index in [1.165, 1.54) is 6.92 Å². The lowest BCUT2D eigenvalue weighted by Crippen LogP contribution is -2.19. The van der Waals surface area contributed by atoms with Crippen LogP contribution in [0.5, 0.6) is 5.75 Å². The quantitative estimate of drug-likeness (QED) is 0.361. The van der Waals surface area contributed by atoms with Crippen molar-refractivity contribution < 1.29 is 23.9 Å². The van der Waals surface area contributed by atoms with Gasteiger partial charge >= 0.3 is 18.1 Å². The minimum absolute atomic E-state index is 0.0136. The highest BCUT2D eigenvalue weighted by Crippen LogP contribution is 2.17. The molecule has 164 valence electrons. The second kappa shape index (κ2) is 10.6. The standard InChI is InChI=1S/C24H23N3O5/c1-16-6-8-19(9-7-16)25-23(29)26-20-10-12-21(13-11-20)27-24(30)31-15-18-4-3-5-22(14-18)32-17(2)28/h3-14H,15H2,1-2H3,(H,27,30)(H2,25,26,29). The first-order chi connectivity index (χ1) is 15.4. The van der Waals surface area contributed by atoms with Gasteiger partial charge in [-0.1, -0.05) is 29.8 Å². The molecule has 0 fully saturated rings. The summed E-state index contributed by atoms with van der Waals surface area (Å²) in [5.41, 5.74) is 3.54. The summed E-state index contributed by atoms with van der Waals surface area (Å²) in [6.07, 6.45) is -0.638. The van der Waals surface area contributed by atoms with Gasteiger partial charge in [0, 0.05) is 24.0 Å². The lowest BCUT2D eigenvalue weighted by molar-refractivity contribution is -0.131. The van der Waals surface area contributed by atoms with Crippen LogP contribution in [0.15, 0.2) is 72.8 Å². The van der Waals surface area contributed by atoms with Crippen LogP contribution in [0, 0.1) is 6.92 Å². The number of carbonyl (C=O) groups excluding carboxylic acids is 3. The second-order valence-electron chi connectivity index (χ2n) is 6.96. The lowest BCUT2D eigenvalue weighted by atomic mass is 10.2. The maximum absolute atomic E-state index is 12.1. The van der Waals surface area contributed by atoms with Crippen molar-refractivity contribution in [1.29, 1.82) is 0 Å².